The van der Waals surface area contributed by atoms with Gasteiger partial charge in [0.2, 0.25) is 0 Å². The number of imidazole rings is 1. The van der Waals surface area contributed by atoms with Crippen molar-refractivity contribution in [1.82, 2.24) is 14.9 Å². The quantitative estimate of drug-likeness (QED) is 0.823. The molecule has 0 radical (unpaired) electrons. The first-order valence-electron chi connectivity index (χ1n) is 7.63. The van der Waals surface area contributed by atoms with Crippen LogP contribution in [0.15, 0.2) is 36.7 Å². The smallest absolute Gasteiger partial charge is 0.110 e. The first-order valence-corrected chi connectivity index (χ1v) is 7.63. The number of aliphatic hydroxyl groups is 1. The van der Waals surface area contributed by atoms with E-state index >= 15 is 0 Å². The Kier molecular flexibility index (Phi) is 5.53. The van der Waals surface area contributed by atoms with Gasteiger partial charge in [0, 0.05) is 24.1 Å². The van der Waals surface area contributed by atoms with Crippen LogP contribution in [-0.4, -0.2) is 27.3 Å². The van der Waals surface area contributed by atoms with Crippen molar-refractivity contribution in [3.8, 4) is 5.69 Å². The Balaban J connectivity index is 1.94. The van der Waals surface area contributed by atoms with Gasteiger partial charge >= 0.3 is 0 Å². The average Bonchev–Trinajstić information content (AvgIpc) is 2.93. The van der Waals surface area contributed by atoms with Gasteiger partial charge in [0.1, 0.15) is 5.82 Å². The summed E-state index contributed by atoms with van der Waals surface area (Å²) in [4.78, 5) is 4.24. The van der Waals surface area contributed by atoms with E-state index < -0.39 is 0 Å². The molecule has 21 heavy (non-hydrogen) atoms. The minimum absolute atomic E-state index is 0.198. The summed E-state index contributed by atoms with van der Waals surface area (Å²) in [5, 5.41) is 13.0. The number of hydrogen-bond acceptors (Lipinski definition) is 3. The van der Waals surface area contributed by atoms with Gasteiger partial charge in [-0.05, 0) is 50.9 Å². The van der Waals surface area contributed by atoms with E-state index in [4.69, 9.17) is 0 Å². The molecule has 114 valence electrons. The van der Waals surface area contributed by atoms with Crippen molar-refractivity contribution >= 4 is 0 Å². The van der Waals surface area contributed by atoms with E-state index in [1.807, 2.05) is 26.2 Å². The Morgan fingerprint density at radius 2 is 2.00 bits per heavy atom. The molecule has 0 amide bonds. The molecule has 2 atom stereocenters. The van der Waals surface area contributed by atoms with E-state index in [0.717, 1.165) is 30.9 Å². The van der Waals surface area contributed by atoms with Crippen molar-refractivity contribution in [2.24, 2.45) is 0 Å². The topological polar surface area (TPSA) is 50.1 Å². The standard InChI is InChI=1S/C17H25N3O/c1-4-17(21)9-10-18-13(2)15-5-7-16(8-6-15)20-12-11-19-14(20)3/h5-8,11-13,17-18,21H,4,9-10H2,1-3H3. The number of hydrogen-bond donors (Lipinski definition) is 2. The monoisotopic (exact) mass is 287 g/mol. The molecular weight excluding hydrogens is 262 g/mol. The molecule has 2 N–H and O–H groups in total. The van der Waals surface area contributed by atoms with Crippen molar-refractivity contribution in [2.75, 3.05) is 6.54 Å². The van der Waals surface area contributed by atoms with Gasteiger partial charge in [-0.2, -0.15) is 0 Å². The van der Waals surface area contributed by atoms with Crippen LogP contribution in [0.3, 0.4) is 0 Å². The van der Waals surface area contributed by atoms with Gasteiger partial charge in [-0.15, -0.1) is 0 Å². The molecule has 0 spiro atoms. The van der Waals surface area contributed by atoms with Crippen LogP contribution >= 0.6 is 0 Å². The molecule has 0 saturated carbocycles. The highest BCUT2D eigenvalue weighted by Crippen LogP contribution is 2.16. The molecule has 0 aliphatic heterocycles. The first-order chi connectivity index (χ1) is 10.1. The average molecular weight is 287 g/mol. The van der Waals surface area contributed by atoms with Crippen LogP contribution in [0.4, 0.5) is 0 Å². The van der Waals surface area contributed by atoms with Crippen molar-refractivity contribution < 1.29 is 5.11 Å². The normalized spacial score (nSPS) is 14.1. The van der Waals surface area contributed by atoms with Gasteiger partial charge in [0.05, 0.1) is 6.10 Å². The molecule has 2 aromatic rings. The Labute approximate surface area is 126 Å². The Morgan fingerprint density at radius 1 is 1.29 bits per heavy atom. The summed E-state index contributed by atoms with van der Waals surface area (Å²) < 4.78 is 2.07. The number of benzene rings is 1. The van der Waals surface area contributed by atoms with E-state index in [9.17, 15) is 5.11 Å². The van der Waals surface area contributed by atoms with Crippen molar-refractivity contribution in [1.29, 1.82) is 0 Å². The molecule has 2 rings (SSSR count). The minimum atomic E-state index is -0.198. The molecule has 1 aromatic heterocycles. The molecule has 4 heteroatoms. The highest BCUT2D eigenvalue weighted by molar-refractivity contribution is 5.36. The molecule has 0 fully saturated rings. The maximum absolute atomic E-state index is 9.56. The fourth-order valence-electron chi connectivity index (χ4n) is 2.36. The fourth-order valence-corrected chi connectivity index (χ4v) is 2.36. The second-order valence-electron chi connectivity index (χ2n) is 5.46. The van der Waals surface area contributed by atoms with E-state index in [2.05, 4.69) is 46.1 Å². The summed E-state index contributed by atoms with van der Waals surface area (Å²) in [6.07, 6.45) is 5.20. The number of nitrogens with zero attached hydrogens (tertiary/aromatic N) is 2. The molecule has 0 aliphatic rings. The van der Waals surface area contributed by atoms with E-state index in [1.54, 1.807) is 0 Å². The summed E-state index contributed by atoms with van der Waals surface area (Å²) in [7, 11) is 0. The van der Waals surface area contributed by atoms with Gasteiger partial charge in [-0.3, -0.25) is 0 Å². The fraction of sp³-hybridized carbons (Fsp3) is 0.471. The van der Waals surface area contributed by atoms with Crippen molar-refractivity contribution in [3.63, 3.8) is 0 Å². The maximum atomic E-state index is 9.56. The minimum Gasteiger partial charge on any atom is -0.393 e. The molecule has 0 saturated heterocycles. The number of aromatic nitrogens is 2. The van der Waals surface area contributed by atoms with E-state index in [0.29, 0.717) is 0 Å². The van der Waals surface area contributed by atoms with Crippen LogP contribution in [0.1, 0.15) is 44.1 Å². The summed E-state index contributed by atoms with van der Waals surface area (Å²) >= 11 is 0. The predicted octanol–water partition coefficient (Wildman–Crippen LogP) is 2.99. The van der Waals surface area contributed by atoms with Crippen LogP contribution < -0.4 is 5.32 Å². The molecule has 2 unspecified atom stereocenters. The lowest BCUT2D eigenvalue weighted by atomic mass is 10.1. The van der Waals surface area contributed by atoms with Gasteiger partial charge in [-0.1, -0.05) is 19.1 Å². The first kappa shape index (κ1) is 15.7. The zero-order chi connectivity index (χ0) is 15.2. The van der Waals surface area contributed by atoms with Crippen LogP contribution in [0.25, 0.3) is 5.69 Å². The molecule has 0 bridgehead atoms. The van der Waals surface area contributed by atoms with Crippen LogP contribution in [0.2, 0.25) is 0 Å². The molecule has 1 heterocycles. The highest BCUT2D eigenvalue weighted by Gasteiger charge is 2.07. The third-order valence-corrected chi connectivity index (χ3v) is 3.90. The molecule has 1 aromatic carbocycles. The number of rotatable bonds is 7. The zero-order valence-electron chi connectivity index (χ0n) is 13.1. The summed E-state index contributed by atoms with van der Waals surface area (Å²) in [6.45, 7) is 6.98. The lowest BCUT2D eigenvalue weighted by Gasteiger charge is -2.16. The molecule has 0 aliphatic carbocycles. The van der Waals surface area contributed by atoms with Crippen LogP contribution in [0.5, 0.6) is 0 Å². The van der Waals surface area contributed by atoms with Crippen LogP contribution in [-0.2, 0) is 0 Å². The lowest BCUT2D eigenvalue weighted by molar-refractivity contribution is 0.159. The second-order valence-corrected chi connectivity index (χ2v) is 5.46. The number of aliphatic hydroxyl groups excluding tert-OH is 1. The molecule has 4 nitrogen and oxygen atoms in total. The van der Waals surface area contributed by atoms with Crippen molar-refractivity contribution in [3.05, 3.63) is 48.0 Å². The van der Waals surface area contributed by atoms with E-state index in [-0.39, 0.29) is 12.1 Å². The summed E-state index contributed by atoms with van der Waals surface area (Å²) in [6, 6.07) is 8.80. The van der Waals surface area contributed by atoms with Gasteiger partial charge in [0.15, 0.2) is 0 Å². The van der Waals surface area contributed by atoms with Crippen LogP contribution in [0, 0.1) is 6.92 Å². The third-order valence-electron chi connectivity index (χ3n) is 3.90. The van der Waals surface area contributed by atoms with Gasteiger partial charge in [-0.25, -0.2) is 4.98 Å². The molecular formula is C17H25N3O. The number of aryl methyl sites for hydroxylation is 1. The Bertz CT molecular complexity index is 547. The van der Waals surface area contributed by atoms with E-state index in [1.165, 1.54) is 5.56 Å². The summed E-state index contributed by atoms with van der Waals surface area (Å²) in [5.41, 5.74) is 2.38. The Hall–Kier alpha value is -1.65. The zero-order valence-corrected chi connectivity index (χ0v) is 13.1. The number of nitrogens with one attached hydrogen (secondary N) is 1. The SMILES string of the molecule is CCC(O)CCNC(C)c1ccc(-n2ccnc2C)cc1. The van der Waals surface area contributed by atoms with Crippen molar-refractivity contribution in [2.45, 2.75) is 45.8 Å². The second kappa shape index (κ2) is 7.38. The Morgan fingerprint density at radius 3 is 2.57 bits per heavy atom. The lowest BCUT2D eigenvalue weighted by Crippen LogP contribution is -2.23. The highest BCUT2D eigenvalue weighted by atomic mass is 16.3. The predicted molar refractivity (Wildman–Crippen MR) is 85.6 cm³/mol. The summed E-state index contributed by atoms with van der Waals surface area (Å²) in [5.74, 6) is 0.988. The van der Waals surface area contributed by atoms with Gasteiger partial charge in [0.25, 0.3) is 0 Å². The van der Waals surface area contributed by atoms with Gasteiger partial charge < -0.3 is 15.0 Å². The largest absolute Gasteiger partial charge is 0.393 e. The third kappa shape index (κ3) is 4.16. The maximum Gasteiger partial charge on any atom is 0.110 e.